The van der Waals surface area contributed by atoms with Crippen LogP contribution in [0.2, 0.25) is 0 Å². The zero-order valence-electron chi connectivity index (χ0n) is 10.8. The number of alkyl halides is 3. The second-order valence-corrected chi connectivity index (χ2v) is 4.02. The second-order valence-electron chi connectivity index (χ2n) is 4.02. The zero-order valence-corrected chi connectivity index (χ0v) is 10.8. The molecule has 3 N–H and O–H groups in total. The van der Waals surface area contributed by atoms with Gasteiger partial charge in [0.1, 0.15) is 5.82 Å². The van der Waals surface area contributed by atoms with E-state index in [1.165, 1.54) is 0 Å². The number of ether oxygens (including phenoxy) is 1. The Morgan fingerprint density at radius 3 is 2.68 bits per heavy atom. The van der Waals surface area contributed by atoms with Crippen molar-refractivity contribution in [2.75, 3.05) is 24.2 Å². The SMILES string of the molecule is CCOc1nc(NCCCCC(F)(F)F)ccc1N. The molecule has 1 aromatic rings. The van der Waals surface area contributed by atoms with Crippen molar-refractivity contribution in [3.8, 4) is 5.88 Å². The average Bonchev–Trinajstić information content (AvgIpc) is 2.31. The first-order valence-electron chi connectivity index (χ1n) is 6.12. The smallest absolute Gasteiger partial charge is 0.389 e. The Hall–Kier alpha value is -1.66. The maximum atomic E-state index is 11.9. The number of hydrogen-bond donors (Lipinski definition) is 2. The molecule has 0 fully saturated rings. The van der Waals surface area contributed by atoms with Gasteiger partial charge in [0.15, 0.2) is 0 Å². The van der Waals surface area contributed by atoms with Crippen LogP contribution in [0.3, 0.4) is 0 Å². The predicted molar refractivity (Wildman–Crippen MR) is 68.2 cm³/mol. The Labute approximate surface area is 110 Å². The molecule has 7 heteroatoms. The largest absolute Gasteiger partial charge is 0.476 e. The van der Waals surface area contributed by atoms with Crippen LogP contribution in [0.5, 0.6) is 5.88 Å². The number of nitrogen functional groups attached to an aromatic ring is 1. The minimum Gasteiger partial charge on any atom is -0.476 e. The highest BCUT2D eigenvalue weighted by atomic mass is 19.4. The number of anilines is 2. The third-order valence-corrected chi connectivity index (χ3v) is 2.36. The summed E-state index contributed by atoms with van der Waals surface area (Å²) in [6, 6.07) is 3.32. The monoisotopic (exact) mass is 277 g/mol. The molecule has 0 saturated carbocycles. The molecule has 0 bridgehead atoms. The number of pyridine rings is 1. The van der Waals surface area contributed by atoms with Gasteiger partial charge in [0.25, 0.3) is 0 Å². The Morgan fingerprint density at radius 1 is 1.32 bits per heavy atom. The molecule has 1 rings (SSSR count). The van der Waals surface area contributed by atoms with Crippen molar-refractivity contribution < 1.29 is 17.9 Å². The third kappa shape index (κ3) is 6.17. The van der Waals surface area contributed by atoms with E-state index >= 15 is 0 Å². The molecule has 1 aromatic heterocycles. The first-order valence-corrected chi connectivity index (χ1v) is 6.12. The van der Waals surface area contributed by atoms with Crippen LogP contribution in [0.25, 0.3) is 0 Å². The van der Waals surface area contributed by atoms with E-state index in [1.807, 2.05) is 6.92 Å². The lowest BCUT2D eigenvalue weighted by molar-refractivity contribution is -0.135. The highest BCUT2D eigenvalue weighted by Gasteiger charge is 2.25. The molecular weight excluding hydrogens is 259 g/mol. The highest BCUT2D eigenvalue weighted by Crippen LogP contribution is 2.23. The molecule has 0 atom stereocenters. The Bertz CT molecular complexity index is 396. The molecule has 0 aliphatic carbocycles. The predicted octanol–water partition coefficient (Wildman–Crippen LogP) is 3.21. The Morgan fingerprint density at radius 2 is 2.05 bits per heavy atom. The maximum Gasteiger partial charge on any atom is 0.389 e. The van der Waals surface area contributed by atoms with E-state index in [4.69, 9.17) is 10.5 Å². The summed E-state index contributed by atoms with van der Waals surface area (Å²) in [7, 11) is 0. The molecule has 108 valence electrons. The van der Waals surface area contributed by atoms with Crippen molar-refractivity contribution in [3.63, 3.8) is 0 Å². The van der Waals surface area contributed by atoms with E-state index in [0.717, 1.165) is 0 Å². The minimum absolute atomic E-state index is 0.101. The molecule has 4 nitrogen and oxygen atoms in total. The summed E-state index contributed by atoms with van der Waals surface area (Å²) in [6.07, 6.45) is -4.31. The van der Waals surface area contributed by atoms with E-state index in [0.29, 0.717) is 37.0 Å². The molecule has 1 heterocycles. The van der Waals surface area contributed by atoms with Crippen LogP contribution in [0.15, 0.2) is 12.1 Å². The lowest BCUT2D eigenvalue weighted by atomic mass is 10.2. The minimum atomic E-state index is -4.08. The molecule has 0 unspecified atom stereocenters. The van der Waals surface area contributed by atoms with Gasteiger partial charge in [-0.05, 0) is 31.9 Å². The quantitative estimate of drug-likeness (QED) is 0.751. The van der Waals surface area contributed by atoms with Crippen LogP contribution in [0.1, 0.15) is 26.2 Å². The van der Waals surface area contributed by atoms with Gasteiger partial charge in [-0.1, -0.05) is 0 Å². The fraction of sp³-hybridized carbons (Fsp3) is 0.583. The molecule has 0 amide bonds. The van der Waals surface area contributed by atoms with Gasteiger partial charge in [-0.25, -0.2) is 0 Å². The van der Waals surface area contributed by atoms with E-state index < -0.39 is 12.6 Å². The van der Waals surface area contributed by atoms with Crippen molar-refractivity contribution in [1.82, 2.24) is 4.98 Å². The lowest BCUT2D eigenvalue weighted by Gasteiger charge is -2.10. The molecular formula is C12H18F3N3O. The number of aromatic nitrogens is 1. The first-order chi connectivity index (χ1) is 8.92. The Balaban J connectivity index is 2.35. The summed E-state index contributed by atoms with van der Waals surface area (Å²) < 4.78 is 41.0. The zero-order chi connectivity index (χ0) is 14.3. The van der Waals surface area contributed by atoms with Gasteiger partial charge in [-0.3, -0.25) is 0 Å². The fourth-order valence-corrected chi connectivity index (χ4v) is 1.47. The molecule has 0 aliphatic rings. The van der Waals surface area contributed by atoms with Crippen LogP contribution < -0.4 is 15.8 Å². The summed E-state index contributed by atoms with van der Waals surface area (Å²) in [5.41, 5.74) is 6.09. The van der Waals surface area contributed by atoms with E-state index in [2.05, 4.69) is 10.3 Å². The van der Waals surface area contributed by atoms with Gasteiger partial charge in [-0.2, -0.15) is 18.2 Å². The molecule has 0 saturated heterocycles. The van der Waals surface area contributed by atoms with Gasteiger partial charge in [0.05, 0.1) is 12.3 Å². The molecule has 0 spiro atoms. The molecule has 0 aromatic carbocycles. The van der Waals surface area contributed by atoms with Crippen molar-refractivity contribution in [2.45, 2.75) is 32.4 Å². The van der Waals surface area contributed by atoms with Gasteiger partial charge in [0.2, 0.25) is 5.88 Å². The van der Waals surface area contributed by atoms with Crippen molar-refractivity contribution in [1.29, 1.82) is 0 Å². The number of halogens is 3. The van der Waals surface area contributed by atoms with Crippen molar-refractivity contribution in [2.24, 2.45) is 0 Å². The number of hydrogen-bond acceptors (Lipinski definition) is 4. The van der Waals surface area contributed by atoms with Gasteiger partial charge in [-0.15, -0.1) is 0 Å². The second kappa shape index (κ2) is 7.06. The van der Waals surface area contributed by atoms with Crippen LogP contribution in [-0.4, -0.2) is 24.3 Å². The number of nitrogens with two attached hydrogens (primary N) is 1. The van der Waals surface area contributed by atoms with Crippen molar-refractivity contribution >= 4 is 11.5 Å². The summed E-state index contributed by atoms with van der Waals surface area (Å²) in [6.45, 7) is 2.70. The van der Waals surface area contributed by atoms with E-state index in [-0.39, 0.29) is 6.42 Å². The summed E-state index contributed by atoms with van der Waals surface area (Å²) >= 11 is 0. The van der Waals surface area contributed by atoms with Crippen molar-refractivity contribution in [3.05, 3.63) is 12.1 Å². The maximum absolute atomic E-state index is 11.9. The highest BCUT2D eigenvalue weighted by molar-refractivity contribution is 5.53. The summed E-state index contributed by atoms with van der Waals surface area (Å²) in [5.74, 6) is 0.882. The van der Waals surface area contributed by atoms with Gasteiger partial charge < -0.3 is 15.8 Å². The summed E-state index contributed by atoms with van der Waals surface area (Å²) in [4.78, 5) is 4.13. The fourth-order valence-electron chi connectivity index (χ4n) is 1.47. The van der Waals surface area contributed by atoms with Crippen LogP contribution in [0.4, 0.5) is 24.7 Å². The molecule has 0 radical (unpaired) electrons. The van der Waals surface area contributed by atoms with Crippen LogP contribution in [0, 0.1) is 0 Å². The molecule has 0 aliphatic heterocycles. The van der Waals surface area contributed by atoms with Gasteiger partial charge in [0, 0.05) is 13.0 Å². The third-order valence-electron chi connectivity index (χ3n) is 2.36. The number of nitrogens with zero attached hydrogens (tertiary/aromatic N) is 1. The first kappa shape index (κ1) is 15.4. The standard InChI is InChI=1S/C12H18F3N3O/c1-2-19-11-9(16)5-6-10(18-11)17-8-4-3-7-12(13,14)15/h5-6H,2-4,7-8,16H2,1H3,(H,17,18). The Kier molecular flexibility index (Phi) is 5.72. The topological polar surface area (TPSA) is 60.2 Å². The number of rotatable bonds is 7. The normalized spacial score (nSPS) is 11.4. The van der Waals surface area contributed by atoms with Gasteiger partial charge >= 0.3 is 6.18 Å². The van der Waals surface area contributed by atoms with Crippen LogP contribution in [-0.2, 0) is 0 Å². The number of nitrogens with one attached hydrogen (secondary N) is 1. The lowest BCUT2D eigenvalue weighted by Crippen LogP contribution is -2.09. The van der Waals surface area contributed by atoms with E-state index in [9.17, 15) is 13.2 Å². The number of unbranched alkanes of at least 4 members (excludes halogenated alkanes) is 1. The van der Waals surface area contributed by atoms with E-state index in [1.54, 1.807) is 12.1 Å². The molecule has 19 heavy (non-hydrogen) atoms. The average molecular weight is 277 g/mol. The van der Waals surface area contributed by atoms with Crippen LogP contribution >= 0.6 is 0 Å². The summed E-state index contributed by atoms with van der Waals surface area (Å²) in [5, 5.41) is 2.94.